The Hall–Kier alpha value is -4.55. The molecule has 1 amide bonds. The van der Waals surface area contributed by atoms with Gasteiger partial charge in [-0.05, 0) is 54.6 Å². The van der Waals surface area contributed by atoms with Gasteiger partial charge >= 0.3 is 0 Å². The zero-order valence-corrected chi connectivity index (χ0v) is 20.4. The molecule has 0 unspecified atom stereocenters. The lowest BCUT2D eigenvalue weighted by Crippen LogP contribution is -2.23. The molecule has 4 aromatic carbocycles. The van der Waals surface area contributed by atoms with Gasteiger partial charge in [0.15, 0.2) is 11.5 Å². The summed E-state index contributed by atoms with van der Waals surface area (Å²) in [6.07, 6.45) is 0. The van der Waals surface area contributed by atoms with Crippen molar-refractivity contribution in [1.29, 1.82) is 0 Å². The molecule has 182 valence electrons. The van der Waals surface area contributed by atoms with E-state index in [2.05, 4.69) is 5.32 Å². The maximum Gasteiger partial charge on any atom is 0.252 e. The van der Waals surface area contributed by atoms with E-state index in [4.69, 9.17) is 30.8 Å². The first kappa shape index (κ1) is 22.9. The topological polar surface area (TPSA) is 69.7 Å². The van der Waals surface area contributed by atoms with Gasteiger partial charge in [-0.25, -0.2) is 4.98 Å². The summed E-state index contributed by atoms with van der Waals surface area (Å²) in [6.45, 7) is 0.381. The summed E-state index contributed by atoms with van der Waals surface area (Å²) in [6, 6.07) is 29.9. The molecule has 0 radical (unpaired) electrons. The van der Waals surface area contributed by atoms with Crippen molar-refractivity contribution in [2.24, 2.45) is 0 Å². The van der Waals surface area contributed by atoms with Crippen LogP contribution < -0.4 is 19.5 Å². The summed E-state index contributed by atoms with van der Waals surface area (Å²) < 4.78 is 17.0. The van der Waals surface area contributed by atoms with Crippen LogP contribution in [0.15, 0.2) is 97.1 Å². The van der Waals surface area contributed by atoms with Crippen LogP contribution in [0.3, 0.4) is 0 Å². The second-order valence-electron chi connectivity index (χ2n) is 8.45. The number of benzene rings is 4. The number of ether oxygens (including phenoxy) is 3. The minimum absolute atomic E-state index is 0.190. The molecule has 1 aliphatic heterocycles. The second-order valence-corrected chi connectivity index (χ2v) is 8.86. The number of halogens is 1. The van der Waals surface area contributed by atoms with Gasteiger partial charge in [0.25, 0.3) is 5.91 Å². The third kappa shape index (κ3) is 4.67. The highest BCUT2D eigenvalue weighted by atomic mass is 35.5. The first-order valence-corrected chi connectivity index (χ1v) is 12.1. The van der Waals surface area contributed by atoms with Gasteiger partial charge in [0, 0.05) is 28.1 Å². The van der Waals surface area contributed by atoms with Crippen LogP contribution in [0.5, 0.6) is 23.0 Å². The Morgan fingerprint density at radius 1 is 0.892 bits per heavy atom. The molecule has 0 saturated carbocycles. The van der Waals surface area contributed by atoms with Gasteiger partial charge in [-0.3, -0.25) is 4.79 Å². The van der Waals surface area contributed by atoms with Gasteiger partial charge in [0.1, 0.15) is 11.5 Å². The minimum Gasteiger partial charge on any atom is -0.457 e. The van der Waals surface area contributed by atoms with Crippen LogP contribution in [0.4, 0.5) is 0 Å². The van der Waals surface area contributed by atoms with Crippen molar-refractivity contribution < 1.29 is 19.0 Å². The first-order chi connectivity index (χ1) is 18.2. The second kappa shape index (κ2) is 9.84. The van der Waals surface area contributed by atoms with Gasteiger partial charge in [0.2, 0.25) is 6.79 Å². The van der Waals surface area contributed by atoms with Crippen molar-refractivity contribution in [2.75, 3.05) is 6.79 Å². The number of carbonyl (C=O) groups is 1. The maximum atomic E-state index is 13.5. The Bertz CT molecular complexity index is 1620. The molecule has 2 heterocycles. The monoisotopic (exact) mass is 508 g/mol. The minimum atomic E-state index is -0.244. The quantitative estimate of drug-likeness (QED) is 0.267. The van der Waals surface area contributed by atoms with Crippen LogP contribution in [0.25, 0.3) is 22.2 Å². The predicted octanol–water partition coefficient (Wildman–Crippen LogP) is 7.01. The molecule has 0 saturated heterocycles. The molecule has 0 bridgehead atoms. The highest BCUT2D eigenvalue weighted by molar-refractivity contribution is 6.31. The molecule has 37 heavy (non-hydrogen) atoms. The van der Waals surface area contributed by atoms with Gasteiger partial charge in [0.05, 0.1) is 16.8 Å². The average molecular weight is 509 g/mol. The average Bonchev–Trinajstić information content (AvgIpc) is 3.41. The van der Waals surface area contributed by atoms with E-state index in [1.165, 1.54) is 0 Å². The smallest absolute Gasteiger partial charge is 0.252 e. The van der Waals surface area contributed by atoms with Crippen LogP contribution in [-0.2, 0) is 6.54 Å². The highest BCUT2D eigenvalue weighted by Crippen LogP contribution is 2.36. The van der Waals surface area contributed by atoms with Crippen LogP contribution in [0, 0.1) is 0 Å². The number of carbonyl (C=O) groups excluding carboxylic acids is 1. The van der Waals surface area contributed by atoms with E-state index in [1.807, 2.05) is 84.9 Å². The largest absolute Gasteiger partial charge is 0.457 e. The molecule has 7 heteroatoms. The number of hydrogen-bond donors (Lipinski definition) is 1. The number of fused-ring (bicyclic) bond motifs is 2. The zero-order chi connectivity index (χ0) is 25.2. The van der Waals surface area contributed by atoms with E-state index in [0.29, 0.717) is 50.4 Å². The van der Waals surface area contributed by atoms with Crippen LogP contribution >= 0.6 is 11.6 Å². The molecule has 5 aromatic rings. The van der Waals surface area contributed by atoms with Gasteiger partial charge in [-0.1, -0.05) is 54.1 Å². The lowest BCUT2D eigenvalue weighted by atomic mass is 10.0. The fourth-order valence-electron chi connectivity index (χ4n) is 4.25. The predicted molar refractivity (Wildman–Crippen MR) is 142 cm³/mol. The number of para-hydroxylation sites is 2. The molecule has 6 rings (SSSR count). The summed E-state index contributed by atoms with van der Waals surface area (Å²) in [5, 5.41) is 4.28. The number of hydrogen-bond acceptors (Lipinski definition) is 5. The number of pyridine rings is 1. The van der Waals surface area contributed by atoms with Crippen LogP contribution in [-0.4, -0.2) is 17.7 Å². The van der Waals surface area contributed by atoms with E-state index < -0.39 is 0 Å². The number of nitrogens with one attached hydrogen (secondary N) is 1. The molecule has 1 aromatic heterocycles. The summed E-state index contributed by atoms with van der Waals surface area (Å²) in [5.74, 6) is 2.37. The Balaban J connectivity index is 1.31. The third-order valence-corrected chi connectivity index (χ3v) is 6.46. The van der Waals surface area contributed by atoms with E-state index in [9.17, 15) is 4.79 Å². The lowest BCUT2D eigenvalue weighted by molar-refractivity contribution is 0.0952. The molecule has 6 nitrogen and oxygen atoms in total. The molecule has 0 spiro atoms. The maximum absolute atomic E-state index is 13.5. The Morgan fingerprint density at radius 3 is 2.59 bits per heavy atom. The summed E-state index contributed by atoms with van der Waals surface area (Å²) in [7, 11) is 0. The molecule has 1 aliphatic rings. The SMILES string of the molecule is O=C(NCc1c(Cl)cccc1Oc1ccccc1)c1cc(-c2ccc3c(c2)OCO3)nc2ccccc12. The number of aromatic nitrogens is 1. The fourth-order valence-corrected chi connectivity index (χ4v) is 4.49. The van der Waals surface area contributed by atoms with E-state index in [1.54, 1.807) is 12.1 Å². The van der Waals surface area contributed by atoms with Crippen molar-refractivity contribution in [2.45, 2.75) is 6.54 Å². The standard InChI is InChI=1S/C30H21ClN2O4/c31-24-10-6-12-27(37-20-7-2-1-3-8-20)23(24)17-32-30(34)22-16-26(33-25-11-5-4-9-21(22)25)19-13-14-28-29(15-19)36-18-35-28/h1-16H,17-18H2,(H,32,34). The van der Waals surface area contributed by atoms with Crippen molar-refractivity contribution >= 4 is 28.4 Å². The molecular formula is C30H21ClN2O4. The molecule has 0 aliphatic carbocycles. The number of amides is 1. The zero-order valence-electron chi connectivity index (χ0n) is 19.6. The van der Waals surface area contributed by atoms with Crippen molar-refractivity contribution in [3.8, 4) is 34.3 Å². The lowest BCUT2D eigenvalue weighted by Gasteiger charge is -2.15. The van der Waals surface area contributed by atoms with Crippen LogP contribution in [0.1, 0.15) is 15.9 Å². The number of rotatable bonds is 6. The third-order valence-electron chi connectivity index (χ3n) is 6.10. The molecular weight excluding hydrogens is 488 g/mol. The van der Waals surface area contributed by atoms with Gasteiger partial charge in [-0.2, -0.15) is 0 Å². The molecule has 0 atom stereocenters. The highest BCUT2D eigenvalue weighted by Gasteiger charge is 2.18. The van der Waals surface area contributed by atoms with Gasteiger partial charge in [-0.15, -0.1) is 0 Å². The van der Waals surface area contributed by atoms with E-state index in [-0.39, 0.29) is 19.2 Å². The van der Waals surface area contributed by atoms with Crippen LogP contribution in [0.2, 0.25) is 5.02 Å². The normalized spacial score (nSPS) is 11.9. The Morgan fingerprint density at radius 2 is 1.70 bits per heavy atom. The van der Waals surface area contributed by atoms with Crippen molar-refractivity contribution in [3.63, 3.8) is 0 Å². The van der Waals surface area contributed by atoms with Crippen molar-refractivity contribution in [3.05, 3.63) is 113 Å². The number of nitrogens with zero attached hydrogens (tertiary/aromatic N) is 1. The Kier molecular flexibility index (Phi) is 6.08. The summed E-state index contributed by atoms with van der Waals surface area (Å²) in [4.78, 5) is 18.3. The molecule has 1 N–H and O–H groups in total. The summed E-state index contributed by atoms with van der Waals surface area (Å²) >= 11 is 6.51. The fraction of sp³-hybridized carbons (Fsp3) is 0.0667. The summed E-state index contributed by atoms with van der Waals surface area (Å²) in [5.41, 5.74) is 3.40. The first-order valence-electron chi connectivity index (χ1n) is 11.7. The van der Waals surface area contributed by atoms with E-state index >= 15 is 0 Å². The Labute approximate surface area is 218 Å². The molecule has 0 fully saturated rings. The van der Waals surface area contributed by atoms with E-state index in [0.717, 1.165) is 10.9 Å². The van der Waals surface area contributed by atoms with Gasteiger partial charge < -0.3 is 19.5 Å². The van der Waals surface area contributed by atoms with Crippen molar-refractivity contribution in [1.82, 2.24) is 10.3 Å².